The molecule has 1 aliphatic rings. The highest BCUT2D eigenvalue weighted by molar-refractivity contribution is 5.89. The van der Waals surface area contributed by atoms with Crippen LogP contribution in [-0.4, -0.2) is 11.6 Å². The van der Waals surface area contributed by atoms with Gasteiger partial charge in [0.1, 0.15) is 5.60 Å². The Balaban J connectivity index is 2.50. The molecular weight excluding hydrogens is 264 g/mol. The van der Waals surface area contributed by atoms with Gasteiger partial charge in [0.05, 0.1) is 0 Å². The van der Waals surface area contributed by atoms with Gasteiger partial charge in [-0.1, -0.05) is 38.2 Å². The molecule has 0 bridgehead atoms. The van der Waals surface area contributed by atoms with Gasteiger partial charge in [-0.2, -0.15) is 4.89 Å². The van der Waals surface area contributed by atoms with Crippen LogP contribution in [0, 0.1) is 0 Å². The first-order valence-corrected chi connectivity index (χ1v) is 8.55. The van der Waals surface area contributed by atoms with Gasteiger partial charge in [0.2, 0.25) is 0 Å². The van der Waals surface area contributed by atoms with Crippen molar-refractivity contribution in [2.75, 3.05) is 0 Å². The summed E-state index contributed by atoms with van der Waals surface area (Å²) in [5.74, 6) is -0.270. The van der Waals surface area contributed by atoms with E-state index in [9.17, 15) is 4.79 Å². The highest BCUT2D eigenvalue weighted by Gasteiger charge is 2.23. The third kappa shape index (κ3) is 7.66. The van der Waals surface area contributed by atoms with Crippen LogP contribution < -0.4 is 0 Å². The molecule has 122 valence electrons. The summed E-state index contributed by atoms with van der Waals surface area (Å²) < 4.78 is 0. The molecule has 0 unspecified atom stereocenters. The van der Waals surface area contributed by atoms with Crippen molar-refractivity contribution in [2.45, 2.75) is 97.5 Å². The van der Waals surface area contributed by atoms with Crippen molar-refractivity contribution in [3.8, 4) is 0 Å². The molecule has 0 atom stereocenters. The van der Waals surface area contributed by atoms with Gasteiger partial charge in [0, 0.05) is 5.57 Å². The maximum absolute atomic E-state index is 12.2. The second-order valence-electron chi connectivity index (χ2n) is 7.02. The summed E-state index contributed by atoms with van der Waals surface area (Å²) in [6, 6.07) is 0. The molecule has 0 amide bonds. The van der Waals surface area contributed by atoms with Crippen molar-refractivity contribution in [2.24, 2.45) is 0 Å². The molecule has 0 radical (unpaired) electrons. The van der Waals surface area contributed by atoms with Crippen LogP contribution in [0.3, 0.4) is 0 Å². The zero-order chi connectivity index (χ0) is 15.7. The van der Waals surface area contributed by atoms with Crippen LogP contribution in [-0.2, 0) is 14.6 Å². The normalized spacial score (nSPS) is 16.2. The Hall–Kier alpha value is -0.830. The van der Waals surface area contributed by atoms with Crippen LogP contribution in [0.25, 0.3) is 0 Å². The smallest absolute Gasteiger partial charge is 0.293 e. The zero-order valence-corrected chi connectivity index (χ0v) is 14.3. The summed E-state index contributed by atoms with van der Waals surface area (Å²) in [7, 11) is 0. The molecule has 0 saturated carbocycles. The van der Waals surface area contributed by atoms with E-state index < -0.39 is 5.60 Å². The van der Waals surface area contributed by atoms with Gasteiger partial charge in [-0.3, -0.25) is 4.89 Å². The van der Waals surface area contributed by atoms with Crippen LogP contribution in [0.15, 0.2) is 11.1 Å². The fraction of sp³-hybridized carbons (Fsp3) is 0.833. The van der Waals surface area contributed by atoms with E-state index in [0.717, 1.165) is 31.3 Å². The third-order valence-corrected chi connectivity index (χ3v) is 3.78. The molecule has 3 nitrogen and oxygen atoms in total. The van der Waals surface area contributed by atoms with Crippen LogP contribution in [0.2, 0.25) is 0 Å². The number of unbranched alkanes of at least 4 members (excludes halogenated alkanes) is 4. The third-order valence-electron chi connectivity index (χ3n) is 3.78. The molecular formula is C18H32O3. The topological polar surface area (TPSA) is 35.5 Å². The number of carbonyl (C=O) groups is 1. The number of hydrogen-bond acceptors (Lipinski definition) is 3. The SMILES string of the molecule is CCCCCCCC1=C(C(=O)OOC(C)(C)C)CCCC1. The Morgan fingerprint density at radius 2 is 1.71 bits per heavy atom. The van der Waals surface area contributed by atoms with Gasteiger partial charge >= 0.3 is 5.97 Å². The minimum atomic E-state index is -0.453. The molecule has 0 heterocycles. The van der Waals surface area contributed by atoms with Crippen molar-refractivity contribution < 1.29 is 14.6 Å². The molecule has 3 heteroatoms. The lowest BCUT2D eigenvalue weighted by Gasteiger charge is -2.21. The number of carbonyl (C=O) groups excluding carboxylic acids is 1. The quantitative estimate of drug-likeness (QED) is 0.337. The van der Waals surface area contributed by atoms with Gasteiger partial charge in [0.15, 0.2) is 0 Å². The zero-order valence-electron chi connectivity index (χ0n) is 14.3. The Morgan fingerprint density at radius 3 is 2.38 bits per heavy atom. The van der Waals surface area contributed by atoms with E-state index in [0.29, 0.717) is 0 Å². The van der Waals surface area contributed by atoms with E-state index in [1.165, 1.54) is 44.1 Å². The largest absolute Gasteiger partial charge is 0.369 e. The lowest BCUT2D eigenvalue weighted by molar-refractivity contribution is -0.317. The monoisotopic (exact) mass is 296 g/mol. The fourth-order valence-corrected chi connectivity index (χ4v) is 2.65. The first-order chi connectivity index (χ1) is 9.94. The fourth-order valence-electron chi connectivity index (χ4n) is 2.65. The molecule has 0 saturated heterocycles. The van der Waals surface area contributed by atoms with E-state index in [4.69, 9.17) is 9.78 Å². The number of allylic oxidation sites excluding steroid dienone is 1. The Kier molecular flexibility index (Phi) is 8.02. The van der Waals surface area contributed by atoms with E-state index in [1.54, 1.807) is 0 Å². The highest BCUT2D eigenvalue weighted by Crippen LogP contribution is 2.29. The summed E-state index contributed by atoms with van der Waals surface area (Å²) >= 11 is 0. The first-order valence-electron chi connectivity index (χ1n) is 8.55. The summed E-state index contributed by atoms with van der Waals surface area (Å²) in [6.45, 7) is 7.87. The Labute approximate surface area is 130 Å². The maximum atomic E-state index is 12.2. The van der Waals surface area contributed by atoms with Gasteiger partial charge < -0.3 is 0 Å². The van der Waals surface area contributed by atoms with E-state index in [-0.39, 0.29) is 5.97 Å². The second-order valence-corrected chi connectivity index (χ2v) is 7.02. The minimum Gasteiger partial charge on any atom is -0.293 e. The van der Waals surface area contributed by atoms with Gasteiger partial charge in [-0.15, -0.1) is 0 Å². The average Bonchev–Trinajstić information content (AvgIpc) is 2.44. The summed E-state index contributed by atoms with van der Waals surface area (Å²) in [4.78, 5) is 22.4. The second kappa shape index (κ2) is 9.24. The van der Waals surface area contributed by atoms with E-state index in [2.05, 4.69) is 6.92 Å². The van der Waals surface area contributed by atoms with E-state index in [1.807, 2.05) is 20.8 Å². The standard InChI is InChI=1S/C18H32O3/c1-5-6-7-8-9-12-15-13-10-11-14-16(15)17(19)20-21-18(2,3)4/h5-14H2,1-4H3. The van der Waals surface area contributed by atoms with Crippen LogP contribution in [0.1, 0.15) is 91.9 Å². The highest BCUT2D eigenvalue weighted by atomic mass is 17.2. The van der Waals surface area contributed by atoms with Crippen molar-refractivity contribution in [3.05, 3.63) is 11.1 Å². The Bertz CT molecular complexity index is 350. The molecule has 0 aromatic rings. The van der Waals surface area contributed by atoms with Crippen molar-refractivity contribution in [1.82, 2.24) is 0 Å². The van der Waals surface area contributed by atoms with Crippen LogP contribution in [0.5, 0.6) is 0 Å². The predicted octanol–water partition coefficient (Wildman–Crippen LogP) is 5.49. The van der Waals surface area contributed by atoms with Crippen LogP contribution in [0.4, 0.5) is 0 Å². The lowest BCUT2D eigenvalue weighted by Crippen LogP contribution is -2.23. The van der Waals surface area contributed by atoms with Crippen LogP contribution >= 0.6 is 0 Å². The summed E-state index contributed by atoms with van der Waals surface area (Å²) in [5, 5.41) is 0. The predicted molar refractivity (Wildman–Crippen MR) is 85.8 cm³/mol. The summed E-state index contributed by atoms with van der Waals surface area (Å²) in [6.07, 6.45) is 11.5. The maximum Gasteiger partial charge on any atom is 0.369 e. The molecule has 0 N–H and O–H groups in total. The number of hydrogen-bond donors (Lipinski definition) is 0. The summed E-state index contributed by atoms with van der Waals surface area (Å²) in [5.41, 5.74) is 1.73. The minimum absolute atomic E-state index is 0.270. The molecule has 21 heavy (non-hydrogen) atoms. The number of rotatable bonds is 8. The lowest BCUT2D eigenvalue weighted by atomic mass is 9.88. The van der Waals surface area contributed by atoms with Crippen molar-refractivity contribution >= 4 is 5.97 Å². The average molecular weight is 296 g/mol. The molecule has 0 aromatic carbocycles. The van der Waals surface area contributed by atoms with Crippen molar-refractivity contribution in [3.63, 3.8) is 0 Å². The molecule has 0 aliphatic heterocycles. The molecule has 1 rings (SSSR count). The van der Waals surface area contributed by atoms with Crippen molar-refractivity contribution in [1.29, 1.82) is 0 Å². The molecule has 0 aromatic heterocycles. The molecule has 0 spiro atoms. The first kappa shape index (κ1) is 18.2. The molecule has 0 fully saturated rings. The van der Waals surface area contributed by atoms with E-state index >= 15 is 0 Å². The van der Waals surface area contributed by atoms with Gasteiger partial charge in [-0.05, 0) is 59.3 Å². The molecule has 1 aliphatic carbocycles. The Morgan fingerprint density at radius 1 is 1.05 bits per heavy atom. The van der Waals surface area contributed by atoms with Gasteiger partial charge in [0.25, 0.3) is 0 Å². The van der Waals surface area contributed by atoms with Gasteiger partial charge in [-0.25, -0.2) is 4.79 Å².